The van der Waals surface area contributed by atoms with E-state index in [1.165, 1.54) is 6.42 Å². The minimum absolute atomic E-state index is 0.0407. The molecule has 0 aromatic heterocycles. The molecule has 2 heterocycles. The molecule has 4 aliphatic rings. The van der Waals surface area contributed by atoms with Gasteiger partial charge in [0.1, 0.15) is 0 Å². The fourth-order valence-electron chi connectivity index (χ4n) is 5.99. The normalized spacial score (nSPS) is 58.2. The van der Waals surface area contributed by atoms with E-state index < -0.39 is 5.60 Å². The molecule has 0 spiro atoms. The monoisotopic (exact) mass is 322 g/mol. The molecule has 0 aromatic rings. The molecule has 2 aliphatic heterocycles. The number of epoxide rings is 2. The Morgan fingerprint density at radius 2 is 1.39 bits per heavy atom. The van der Waals surface area contributed by atoms with Gasteiger partial charge in [0.2, 0.25) is 0 Å². The third-order valence-electron chi connectivity index (χ3n) is 8.10. The Morgan fingerprint density at radius 1 is 0.783 bits per heavy atom. The average Bonchev–Trinajstić information content (AvgIpc) is 3.27. The second-order valence-electron chi connectivity index (χ2n) is 10.1. The molecule has 0 unspecified atom stereocenters. The van der Waals surface area contributed by atoms with Crippen LogP contribution in [-0.2, 0) is 9.47 Å². The Morgan fingerprint density at radius 3 is 2.13 bits per heavy atom. The van der Waals surface area contributed by atoms with E-state index >= 15 is 0 Å². The van der Waals surface area contributed by atoms with Crippen molar-refractivity contribution < 1.29 is 14.6 Å². The van der Waals surface area contributed by atoms with Gasteiger partial charge in [-0.3, -0.25) is 0 Å². The van der Waals surface area contributed by atoms with Crippen LogP contribution in [-0.4, -0.2) is 34.1 Å². The summed E-state index contributed by atoms with van der Waals surface area (Å²) in [5.74, 6) is 1.00. The van der Waals surface area contributed by atoms with Crippen molar-refractivity contribution in [1.82, 2.24) is 0 Å². The summed E-state index contributed by atoms with van der Waals surface area (Å²) < 4.78 is 12.2. The molecule has 1 N–H and O–H groups in total. The van der Waals surface area contributed by atoms with Gasteiger partial charge in [-0.1, -0.05) is 13.8 Å². The molecule has 4 fully saturated rings. The van der Waals surface area contributed by atoms with Crippen molar-refractivity contribution in [2.75, 3.05) is 0 Å². The SMILES string of the molecule is CC1(C)[C@H]2CC[C@@](C)(O)[C@H]1CC[C@@]1(C)O[C@H]1CC[C@]1(C)O[C@H]1C2. The van der Waals surface area contributed by atoms with Crippen LogP contribution in [0, 0.1) is 17.3 Å². The minimum atomic E-state index is -0.543. The van der Waals surface area contributed by atoms with Gasteiger partial charge in [0.25, 0.3) is 0 Å². The molecule has 4 rings (SSSR count). The van der Waals surface area contributed by atoms with Crippen molar-refractivity contribution >= 4 is 0 Å². The predicted molar refractivity (Wildman–Crippen MR) is 90.3 cm³/mol. The molecule has 0 aromatic carbocycles. The maximum atomic E-state index is 11.1. The molecule has 3 heteroatoms. The van der Waals surface area contributed by atoms with E-state index in [1.807, 2.05) is 0 Å². The summed E-state index contributed by atoms with van der Waals surface area (Å²) >= 11 is 0. The Hall–Kier alpha value is -0.120. The molecule has 2 bridgehead atoms. The Labute approximate surface area is 141 Å². The highest BCUT2D eigenvalue weighted by Gasteiger charge is 2.60. The average molecular weight is 322 g/mol. The van der Waals surface area contributed by atoms with E-state index in [9.17, 15) is 5.11 Å². The Bertz CT molecular complexity index is 499. The van der Waals surface area contributed by atoms with Crippen molar-refractivity contribution in [3.8, 4) is 0 Å². The minimum Gasteiger partial charge on any atom is -0.390 e. The van der Waals surface area contributed by atoms with Crippen LogP contribution in [0.15, 0.2) is 0 Å². The fourth-order valence-corrected chi connectivity index (χ4v) is 5.99. The lowest BCUT2D eigenvalue weighted by Gasteiger charge is -2.53. The molecule has 23 heavy (non-hydrogen) atoms. The third-order valence-corrected chi connectivity index (χ3v) is 8.10. The van der Waals surface area contributed by atoms with E-state index in [0.717, 1.165) is 38.5 Å². The lowest BCUT2D eigenvalue weighted by Crippen LogP contribution is -2.52. The van der Waals surface area contributed by atoms with Gasteiger partial charge >= 0.3 is 0 Å². The lowest BCUT2D eigenvalue weighted by atomic mass is 9.54. The van der Waals surface area contributed by atoms with Gasteiger partial charge in [-0.15, -0.1) is 0 Å². The van der Waals surface area contributed by atoms with Crippen LogP contribution in [0.3, 0.4) is 0 Å². The Balaban J connectivity index is 1.62. The van der Waals surface area contributed by atoms with Crippen LogP contribution >= 0.6 is 0 Å². The standard InChI is InChI=1S/C20H34O3/c1-17(2)13-6-9-18(3,21)14(17)7-10-19(4)15(22-19)8-11-20(5)16(12-13)23-20/h13-16,21H,6-12H2,1-5H3/t13-,14-,15-,16-,18+,19+,20-/m0/s1. The molecular formula is C20H34O3. The number of hydrogen-bond acceptors (Lipinski definition) is 3. The van der Waals surface area contributed by atoms with E-state index in [1.54, 1.807) is 0 Å². The number of ether oxygens (including phenoxy) is 2. The van der Waals surface area contributed by atoms with Crippen LogP contribution in [0.1, 0.15) is 79.6 Å². The summed E-state index contributed by atoms with van der Waals surface area (Å²) in [5.41, 5.74) is -0.260. The van der Waals surface area contributed by atoms with Crippen molar-refractivity contribution in [3.63, 3.8) is 0 Å². The fraction of sp³-hybridized carbons (Fsp3) is 1.00. The molecule has 2 aliphatic carbocycles. The molecule has 7 atom stereocenters. The molecule has 2 saturated carbocycles. The number of aliphatic hydroxyl groups is 1. The van der Waals surface area contributed by atoms with Crippen molar-refractivity contribution in [2.24, 2.45) is 17.3 Å². The second-order valence-corrected chi connectivity index (χ2v) is 10.1. The van der Waals surface area contributed by atoms with E-state index in [-0.39, 0.29) is 16.6 Å². The summed E-state index contributed by atoms with van der Waals surface area (Å²) in [7, 11) is 0. The first-order valence-corrected chi connectivity index (χ1v) is 9.65. The zero-order valence-corrected chi connectivity index (χ0v) is 15.5. The summed E-state index contributed by atoms with van der Waals surface area (Å²) in [6.45, 7) is 11.4. The smallest absolute Gasteiger partial charge is 0.0921 e. The highest BCUT2D eigenvalue weighted by atomic mass is 16.6. The van der Waals surface area contributed by atoms with Gasteiger partial charge in [0.05, 0.1) is 29.0 Å². The second kappa shape index (κ2) is 4.74. The largest absolute Gasteiger partial charge is 0.390 e. The van der Waals surface area contributed by atoms with Gasteiger partial charge < -0.3 is 14.6 Å². The molecular weight excluding hydrogens is 288 g/mol. The zero-order chi connectivity index (χ0) is 16.7. The van der Waals surface area contributed by atoms with Crippen LogP contribution in [0.25, 0.3) is 0 Å². The van der Waals surface area contributed by atoms with Crippen LogP contribution in [0.5, 0.6) is 0 Å². The first kappa shape index (κ1) is 16.4. The highest BCUT2D eigenvalue weighted by molar-refractivity contribution is 5.09. The van der Waals surface area contributed by atoms with Crippen molar-refractivity contribution in [3.05, 3.63) is 0 Å². The van der Waals surface area contributed by atoms with E-state index in [2.05, 4.69) is 34.6 Å². The summed E-state index contributed by atoms with van der Waals surface area (Å²) in [6, 6.07) is 0. The molecule has 0 amide bonds. The number of fused-ring (bicyclic) bond motifs is 4. The molecule has 0 radical (unpaired) electrons. The third kappa shape index (κ3) is 2.58. The topological polar surface area (TPSA) is 45.3 Å². The summed E-state index contributed by atoms with van der Waals surface area (Å²) in [6.07, 6.45) is 8.45. The quantitative estimate of drug-likeness (QED) is 0.684. The maximum Gasteiger partial charge on any atom is 0.0921 e. The Kier molecular flexibility index (Phi) is 3.37. The molecule has 2 saturated heterocycles. The molecule has 3 nitrogen and oxygen atoms in total. The van der Waals surface area contributed by atoms with E-state index in [0.29, 0.717) is 24.0 Å². The molecule has 132 valence electrons. The van der Waals surface area contributed by atoms with Gasteiger partial charge in [-0.05, 0) is 83.0 Å². The van der Waals surface area contributed by atoms with Gasteiger partial charge in [0.15, 0.2) is 0 Å². The first-order valence-electron chi connectivity index (χ1n) is 9.65. The summed E-state index contributed by atoms with van der Waals surface area (Å²) in [4.78, 5) is 0. The first-order chi connectivity index (χ1) is 10.6. The number of rotatable bonds is 0. The summed E-state index contributed by atoms with van der Waals surface area (Å²) in [5, 5.41) is 11.1. The van der Waals surface area contributed by atoms with Crippen LogP contribution in [0.4, 0.5) is 0 Å². The zero-order valence-electron chi connectivity index (χ0n) is 15.5. The van der Waals surface area contributed by atoms with Crippen LogP contribution < -0.4 is 0 Å². The number of hydrogen-bond donors (Lipinski definition) is 1. The van der Waals surface area contributed by atoms with Gasteiger partial charge in [-0.25, -0.2) is 0 Å². The van der Waals surface area contributed by atoms with Gasteiger partial charge in [0, 0.05) is 0 Å². The van der Waals surface area contributed by atoms with Crippen molar-refractivity contribution in [1.29, 1.82) is 0 Å². The van der Waals surface area contributed by atoms with Gasteiger partial charge in [-0.2, -0.15) is 0 Å². The predicted octanol–water partition coefficient (Wildman–Crippen LogP) is 4.07. The highest BCUT2D eigenvalue weighted by Crippen LogP contribution is 2.58. The maximum absolute atomic E-state index is 11.1. The van der Waals surface area contributed by atoms with Crippen molar-refractivity contribution in [2.45, 2.75) is 109 Å². The van der Waals surface area contributed by atoms with E-state index in [4.69, 9.17) is 9.47 Å². The lowest BCUT2D eigenvalue weighted by molar-refractivity contribution is -0.123. The van der Waals surface area contributed by atoms with Crippen LogP contribution in [0.2, 0.25) is 0 Å².